The van der Waals surface area contributed by atoms with Crippen LogP contribution in [0.2, 0.25) is 0 Å². The molecular weight excluding hydrogens is 360 g/mol. The number of nitrogens with one attached hydrogen (secondary N) is 2. The van der Waals surface area contributed by atoms with Crippen LogP contribution in [0.1, 0.15) is 36.7 Å². The molecule has 0 aliphatic rings. The number of aromatic carboxylic acids is 1. The van der Waals surface area contributed by atoms with E-state index in [1.165, 1.54) is 12.1 Å². The molecule has 0 spiro atoms. The first-order chi connectivity index (χ1) is 13.2. The fourth-order valence-corrected chi connectivity index (χ4v) is 2.51. The maximum atomic E-state index is 12.8. The van der Waals surface area contributed by atoms with E-state index in [1.54, 1.807) is 32.9 Å². The van der Waals surface area contributed by atoms with Crippen LogP contribution in [-0.4, -0.2) is 34.7 Å². The van der Waals surface area contributed by atoms with Gasteiger partial charge < -0.3 is 20.5 Å². The normalized spacial score (nSPS) is 12.0. The first kappa shape index (κ1) is 21.0. The molecule has 0 saturated heterocycles. The zero-order chi connectivity index (χ0) is 20.7. The average molecular weight is 384 g/mol. The largest absolute Gasteiger partial charge is 0.478 e. The molecule has 148 valence electrons. The third-order valence-corrected chi connectivity index (χ3v) is 3.71. The summed E-state index contributed by atoms with van der Waals surface area (Å²) in [5, 5.41) is 14.4. The number of rotatable bonds is 6. The molecule has 0 saturated carbocycles. The highest BCUT2D eigenvalue weighted by Crippen LogP contribution is 2.16. The van der Waals surface area contributed by atoms with Crippen LogP contribution in [0.15, 0.2) is 54.6 Å². The van der Waals surface area contributed by atoms with E-state index in [4.69, 9.17) is 4.74 Å². The molecule has 7 heteroatoms. The molecule has 0 aliphatic carbocycles. The van der Waals surface area contributed by atoms with Crippen molar-refractivity contribution in [1.82, 2.24) is 5.32 Å². The van der Waals surface area contributed by atoms with Gasteiger partial charge >= 0.3 is 12.1 Å². The molecule has 0 aliphatic heterocycles. The number of carboxylic acid groups (broad SMARTS) is 1. The Morgan fingerprint density at radius 2 is 1.61 bits per heavy atom. The van der Waals surface area contributed by atoms with Gasteiger partial charge in [-0.1, -0.05) is 42.5 Å². The number of hydrogen-bond acceptors (Lipinski definition) is 4. The SMILES string of the molecule is CC(C)(C)OC(=O)N[C@@H](Cc1ccccc1)C(=O)Nc1ccccc1C(=O)O. The number of ether oxygens (including phenoxy) is 1. The Morgan fingerprint density at radius 3 is 2.21 bits per heavy atom. The van der Waals surface area contributed by atoms with Gasteiger partial charge in [0, 0.05) is 6.42 Å². The summed E-state index contributed by atoms with van der Waals surface area (Å²) in [5.74, 6) is -1.70. The van der Waals surface area contributed by atoms with Crippen LogP contribution < -0.4 is 10.6 Å². The molecule has 0 bridgehead atoms. The topological polar surface area (TPSA) is 105 Å². The van der Waals surface area contributed by atoms with E-state index in [2.05, 4.69) is 10.6 Å². The number of carbonyl (C=O) groups is 3. The van der Waals surface area contributed by atoms with Crippen molar-refractivity contribution in [2.24, 2.45) is 0 Å². The number of hydrogen-bond donors (Lipinski definition) is 3. The molecule has 0 unspecified atom stereocenters. The summed E-state index contributed by atoms with van der Waals surface area (Å²) in [6, 6.07) is 14.3. The summed E-state index contributed by atoms with van der Waals surface area (Å²) < 4.78 is 5.24. The van der Waals surface area contributed by atoms with Gasteiger partial charge in [0.1, 0.15) is 11.6 Å². The molecule has 2 aromatic rings. The summed E-state index contributed by atoms with van der Waals surface area (Å²) in [7, 11) is 0. The molecule has 2 aromatic carbocycles. The van der Waals surface area contributed by atoms with Crippen molar-refractivity contribution in [3.8, 4) is 0 Å². The van der Waals surface area contributed by atoms with Crippen molar-refractivity contribution in [3.63, 3.8) is 0 Å². The molecule has 7 nitrogen and oxygen atoms in total. The van der Waals surface area contributed by atoms with E-state index in [-0.39, 0.29) is 17.7 Å². The van der Waals surface area contributed by atoms with Crippen LogP contribution in [0.5, 0.6) is 0 Å². The van der Waals surface area contributed by atoms with Crippen molar-refractivity contribution in [3.05, 3.63) is 65.7 Å². The van der Waals surface area contributed by atoms with Crippen LogP contribution in [0.3, 0.4) is 0 Å². The zero-order valence-corrected chi connectivity index (χ0v) is 16.1. The highest BCUT2D eigenvalue weighted by Gasteiger charge is 2.25. The molecule has 0 aromatic heterocycles. The van der Waals surface area contributed by atoms with Crippen LogP contribution in [0, 0.1) is 0 Å². The summed E-state index contributed by atoms with van der Waals surface area (Å²) in [6.07, 6.45) is -0.503. The Morgan fingerprint density at radius 1 is 1.00 bits per heavy atom. The quantitative estimate of drug-likeness (QED) is 0.707. The summed E-state index contributed by atoms with van der Waals surface area (Å²) in [5.41, 5.74) is 0.245. The first-order valence-corrected chi connectivity index (χ1v) is 8.82. The fraction of sp³-hybridized carbons (Fsp3) is 0.286. The zero-order valence-electron chi connectivity index (χ0n) is 16.1. The highest BCUT2D eigenvalue weighted by atomic mass is 16.6. The number of carboxylic acids is 1. The molecule has 1 atom stereocenters. The standard InChI is InChI=1S/C21H24N2O5/c1-21(2,3)28-20(27)23-17(13-14-9-5-4-6-10-14)18(24)22-16-12-8-7-11-15(16)19(25)26/h4-12,17H,13H2,1-3H3,(H,22,24)(H,23,27)(H,25,26)/t17-/m0/s1. The van der Waals surface area contributed by atoms with Crippen molar-refractivity contribution in [2.75, 3.05) is 5.32 Å². The minimum Gasteiger partial charge on any atom is -0.478 e. The van der Waals surface area contributed by atoms with Crippen LogP contribution >= 0.6 is 0 Å². The van der Waals surface area contributed by atoms with Gasteiger partial charge in [0.05, 0.1) is 11.3 Å². The lowest BCUT2D eigenvalue weighted by atomic mass is 10.0. The lowest BCUT2D eigenvalue weighted by Gasteiger charge is -2.23. The molecular formula is C21H24N2O5. The summed E-state index contributed by atoms with van der Waals surface area (Å²) in [4.78, 5) is 36.4. The molecule has 2 rings (SSSR count). The Hall–Kier alpha value is -3.35. The van der Waals surface area contributed by atoms with Crippen LogP contribution in [-0.2, 0) is 16.0 Å². The van der Waals surface area contributed by atoms with Gasteiger partial charge in [-0.25, -0.2) is 9.59 Å². The van der Waals surface area contributed by atoms with E-state index in [0.29, 0.717) is 0 Å². The molecule has 0 radical (unpaired) electrons. The number of anilines is 1. The lowest BCUT2D eigenvalue weighted by Crippen LogP contribution is -2.47. The van der Waals surface area contributed by atoms with E-state index in [0.717, 1.165) is 5.56 Å². The third kappa shape index (κ3) is 6.42. The maximum absolute atomic E-state index is 12.8. The number of carbonyl (C=O) groups excluding carboxylic acids is 2. The Labute approximate surface area is 163 Å². The van der Waals surface area contributed by atoms with Crippen molar-refractivity contribution < 1.29 is 24.2 Å². The van der Waals surface area contributed by atoms with E-state index >= 15 is 0 Å². The highest BCUT2D eigenvalue weighted by molar-refractivity contribution is 6.02. The number of para-hydroxylation sites is 1. The second-order valence-corrected chi connectivity index (χ2v) is 7.23. The van der Waals surface area contributed by atoms with E-state index < -0.39 is 29.6 Å². The van der Waals surface area contributed by atoms with Gasteiger partial charge in [0.25, 0.3) is 0 Å². The molecule has 2 amide bonds. The molecule has 28 heavy (non-hydrogen) atoms. The van der Waals surface area contributed by atoms with Crippen LogP contribution in [0.4, 0.5) is 10.5 Å². The van der Waals surface area contributed by atoms with Gasteiger partial charge in [-0.15, -0.1) is 0 Å². The average Bonchev–Trinajstić information content (AvgIpc) is 2.60. The second-order valence-electron chi connectivity index (χ2n) is 7.23. The molecule has 3 N–H and O–H groups in total. The van der Waals surface area contributed by atoms with Crippen molar-refractivity contribution >= 4 is 23.7 Å². The Kier molecular flexibility index (Phi) is 6.76. The third-order valence-electron chi connectivity index (χ3n) is 3.71. The lowest BCUT2D eigenvalue weighted by molar-refractivity contribution is -0.118. The van der Waals surface area contributed by atoms with Gasteiger partial charge in [-0.05, 0) is 38.5 Å². The second kappa shape index (κ2) is 9.03. The fourth-order valence-electron chi connectivity index (χ4n) is 2.51. The number of alkyl carbamates (subject to hydrolysis) is 1. The smallest absolute Gasteiger partial charge is 0.408 e. The monoisotopic (exact) mass is 384 g/mol. The van der Waals surface area contributed by atoms with Crippen molar-refractivity contribution in [2.45, 2.75) is 38.8 Å². The predicted molar refractivity (Wildman–Crippen MR) is 105 cm³/mol. The maximum Gasteiger partial charge on any atom is 0.408 e. The van der Waals surface area contributed by atoms with E-state index in [1.807, 2.05) is 30.3 Å². The van der Waals surface area contributed by atoms with Crippen LogP contribution in [0.25, 0.3) is 0 Å². The Balaban J connectivity index is 2.21. The van der Waals surface area contributed by atoms with Gasteiger partial charge in [0.15, 0.2) is 0 Å². The Bertz CT molecular complexity index is 843. The van der Waals surface area contributed by atoms with Gasteiger partial charge in [-0.3, -0.25) is 4.79 Å². The number of amides is 2. The number of benzene rings is 2. The van der Waals surface area contributed by atoms with Gasteiger partial charge in [0.2, 0.25) is 5.91 Å². The minimum absolute atomic E-state index is 0.0356. The minimum atomic E-state index is -1.16. The predicted octanol–water partition coefficient (Wildman–Crippen LogP) is 3.46. The van der Waals surface area contributed by atoms with Crippen molar-refractivity contribution in [1.29, 1.82) is 0 Å². The molecule has 0 fully saturated rings. The summed E-state index contributed by atoms with van der Waals surface area (Å²) in [6.45, 7) is 5.17. The van der Waals surface area contributed by atoms with Gasteiger partial charge in [-0.2, -0.15) is 0 Å². The summed E-state index contributed by atoms with van der Waals surface area (Å²) >= 11 is 0. The van der Waals surface area contributed by atoms with E-state index in [9.17, 15) is 19.5 Å². The first-order valence-electron chi connectivity index (χ1n) is 8.82. The molecule has 0 heterocycles.